The second-order valence-corrected chi connectivity index (χ2v) is 11.0. The van der Waals surface area contributed by atoms with Crippen molar-refractivity contribution in [2.45, 2.75) is 100 Å². The predicted molar refractivity (Wildman–Crippen MR) is 147 cm³/mol. The Kier molecular flexibility index (Phi) is 9.35. The van der Waals surface area contributed by atoms with Crippen molar-refractivity contribution in [3.05, 3.63) is 47.8 Å². The summed E-state index contributed by atoms with van der Waals surface area (Å²) < 4.78 is 15.9. The fraction of sp³-hybridized carbons (Fsp3) is 0.552. The van der Waals surface area contributed by atoms with Crippen LogP contribution in [0.4, 0.5) is 10.1 Å². The molecule has 0 bridgehead atoms. The van der Waals surface area contributed by atoms with Crippen molar-refractivity contribution in [1.82, 2.24) is 19.7 Å². The minimum Gasteiger partial charge on any atom is -0.307 e. The molecule has 3 aromatic rings. The SMILES string of the molecule is CC.CC(C)=Nc1ccc(-c2cc(F)c3nc(C)cn3c2)nc1C.CC1CC(C)(C)NC(C)(C)C1. The van der Waals surface area contributed by atoms with E-state index in [2.05, 4.69) is 54.9 Å². The number of nitrogens with zero attached hydrogens (tertiary/aromatic N) is 4. The molecule has 35 heavy (non-hydrogen) atoms. The first-order valence-electron chi connectivity index (χ1n) is 12.7. The number of nitrogens with one attached hydrogen (secondary N) is 1. The van der Waals surface area contributed by atoms with Crippen LogP contribution in [0.1, 0.15) is 86.5 Å². The van der Waals surface area contributed by atoms with Gasteiger partial charge in [-0.05, 0) is 92.3 Å². The summed E-state index contributed by atoms with van der Waals surface area (Å²) >= 11 is 0. The number of pyridine rings is 2. The van der Waals surface area contributed by atoms with E-state index in [0.717, 1.165) is 34.4 Å². The summed E-state index contributed by atoms with van der Waals surface area (Å²) in [6.45, 7) is 23.2. The molecule has 1 aliphatic heterocycles. The lowest BCUT2D eigenvalue weighted by Crippen LogP contribution is -2.57. The Morgan fingerprint density at radius 1 is 1.03 bits per heavy atom. The second kappa shape index (κ2) is 11.4. The number of imidazole rings is 1. The van der Waals surface area contributed by atoms with Gasteiger partial charge in [0.2, 0.25) is 0 Å². The topological polar surface area (TPSA) is 54.6 Å². The number of aromatic nitrogens is 3. The lowest BCUT2D eigenvalue weighted by atomic mass is 9.77. The molecule has 1 N–H and O–H groups in total. The van der Waals surface area contributed by atoms with Crippen LogP contribution >= 0.6 is 0 Å². The van der Waals surface area contributed by atoms with Crippen LogP contribution in [0.15, 0.2) is 35.6 Å². The summed E-state index contributed by atoms with van der Waals surface area (Å²) in [6, 6.07) is 5.24. The zero-order chi connectivity index (χ0) is 26.6. The first kappa shape index (κ1) is 28.6. The molecule has 4 heterocycles. The highest BCUT2D eigenvalue weighted by Crippen LogP contribution is 2.32. The van der Waals surface area contributed by atoms with Gasteiger partial charge in [-0.3, -0.25) is 9.98 Å². The Morgan fingerprint density at radius 3 is 2.14 bits per heavy atom. The van der Waals surface area contributed by atoms with Crippen LogP contribution in [-0.2, 0) is 0 Å². The van der Waals surface area contributed by atoms with Crippen LogP contribution in [0.3, 0.4) is 0 Å². The summed E-state index contributed by atoms with van der Waals surface area (Å²) in [6.07, 6.45) is 6.24. The Balaban J connectivity index is 0.000000280. The van der Waals surface area contributed by atoms with E-state index in [1.165, 1.54) is 18.9 Å². The van der Waals surface area contributed by atoms with Crippen molar-refractivity contribution in [3.8, 4) is 11.3 Å². The van der Waals surface area contributed by atoms with Crippen LogP contribution in [-0.4, -0.2) is 31.2 Å². The molecule has 1 aliphatic rings. The van der Waals surface area contributed by atoms with Gasteiger partial charge in [0.25, 0.3) is 0 Å². The number of piperidine rings is 1. The molecule has 5 nitrogen and oxygen atoms in total. The van der Waals surface area contributed by atoms with Crippen LogP contribution in [0.2, 0.25) is 0 Å². The minimum absolute atomic E-state index is 0.334. The summed E-state index contributed by atoms with van der Waals surface area (Å²) in [5, 5.41) is 3.66. The maximum absolute atomic E-state index is 14.2. The van der Waals surface area contributed by atoms with Gasteiger partial charge in [0, 0.05) is 34.7 Å². The van der Waals surface area contributed by atoms with E-state index in [1.807, 2.05) is 59.9 Å². The van der Waals surface area contributed by atoms with E-state index >= 15 is 0 Å². The maximum atomic E-state index is 14.2. The average molecular weight is 482 g/mol. The molecule has 0 amide bonds. The number of rotatable bonds is 2. The molecule has 0 saturated carbocycles. The lowest BCUT2D eigenvalue weighted by molar-refractivity contribution is 0.138. The summed E-state index contributed by atoms with van der Waals surface area (Å²) in [7, 11) is 0. The number of aliphatic imine (C=N–C) groups is 1. The predicted octanol–water partition coefficient (Wildman–Crippen LogP) is 7.85. The van der Waals surface area contributed by atoms with Crippen molar-refractivity contribution < 1.29 is 4.39 Å². The summed E-state index contributed by atoms with van der Waals surface area (Å²) in [4.78, 5) is 13.1. The van der Waals surface area contributed by atoms with Crippen molar-refractivity contribution in [2.75, 3.05) is 0 Å². The van der Waals surface area contributed by atoms with Gasteiger partial charge in [0.1, 0.15) is 0 Å². The highest BCUT2D eigenvalue weighted by atomic mass is 19.1. The minimum atomic E-state index is -0.350. The Labute approximate surface area is 211 Å². The van der Waals surface area contributed by atoms with Crippen LogP contribution < -0.4 is 5.32 Å². The van der Waals surface area contributed by atoms with E-state index in [4.69, 9.17) is 0 Å². The van der Waals surface area contributed by atoms with E-state index in [0.29, 0.717) is 22.3 Å². The van der Waals surface area contributed by atoms with Gasteiger partial charge in [-0.2, -0.15) is 0 Å². The third kappa shape index (κ3) is 7.96. The van der Waals surface area contributed by atoms with Crippen molar-refractivity contribution in [1.29, 1.82) is 0 Å². The summed E-state index contributed by atoms with van der Waals surface area (Å²) in [5.41, 5.74) is 5.85. The van der Waals surface area contributed by atoms with E-state index < -0.39 is 0 Å². The van der Waals surface area contributed by atoms with Crippen LogP contribution in [0.25, 0.3) is 16.9 Å². The smallest absolute Gasteiger partial charge is 0.173 e. The first-order chi connectivity index (χ1) is 16.2. The summed E-state index contributed by atoms with van der Waals surface area (Å²) in [5.74, 6) is 0.512. The van der Waals surface area contributed by atoms with E-state index in [9.17, 15) is 4.39 Å². The number of halogens is 1. The molecular weight excluding hydrogens is 437 g/mol. The van der Waals surface area contributed by atoms with E-state index in [1.54, 1.807) is 10.6 Å². The van der Waals surface area contributed by atoms with Crippen molar-refractivity contribution in [2.24, 2.45) is 10.9 Å². The average Bonchev–Trinajstić information content (AvgIpc) is 3.09. The number of hydrogen-bond acceptors (Lipinski definition) is 4. The van der Waals surface area contributed by atoms with Gasteiger partial charge in [0.05, 0.1) is 22.8 Å². The lowest BCUT2D eigenvalue weighted by Gasteiger charge is -2.45. The zero-order valence-corrected chi connectivity index (χ0v) is 23.5. The molecule has 1 saturated heterocycles. The van der Waals surface area contributed by atoms with E-state index in [-0.39, 0.29) is 5.82 Å². The third-order valence-corrected chi connectivity index (χ3v) is 5.72. The molecule has 0 aliphatic carbocycles. The highest BCUT2D eigenvalue weighted by molar-refractivity contribution is 5.82. The van der Waals surface area contributed by atoms with Gasteiger partial charge < -0.3 is 9.72 Å². The third-order valence-electron chi connectivity index (χ3n) is 5.72. The Bertz CT molecular complexity index is 1150. The normalized spacial score (nSPS) is 16.6. The van der Waals surface area contributed by atoms with Gasteiger partial charge in [0.15, 0.2) is 11.5 Å². The van der Waals surface area contributed by atoms with Gasteiger partial charge >= 0.3 is 0 Å². The fourth-order valence-corrected chi connectivity index (χ4v) is 5.23. The van der Waals surface area contributed by atoms with Crippen molar-refractivity contribution in [3.63, 3.8) is 0 Å². The Hall–Kier alpha value is -2.60. The molecule has 0 unspecified atom stereocenters. The largest absolute Gasteiger partial charge is 0.307 e. The molecule has 0 atom stereocenters. The molecule has 0 radical (unpaired) electrons. The standard InChI is InChI=1S/C17H17FN4.C10H21N.C2H6/c1-10(2)19-15-5-6-16(21-12(15)4)13-7-14(18)17-20-11(3)8-22(17)9-13;1-8-6-9(2,3)11-10(4,5)7-8;1-2/h5-9H,1-4H3;8,11H,6-7H2,1-5H3;1-2H3. The monoisotopic (exact) mass is 481 g/mol. The van der Waals surface area contributed by atoms with Crippen molar-refractivity contribution >= 4 is 17.0 Å². The Morgan fingerprint density at radius 2 is 1.63 bits per heavy atom. The van der Waals surface area contributed by atoms with Crippen LogP contribution in [0.5, 0.6) is 0 Å². The second-order valence-electron chi connectivity index (χ2n) is 11.0. The number of aryl methyl sites for hydroxylation is 2. The maximum Gasteiger partial charge on any atom is 0.173 e. The quantitative estimate of drug-likeness (QED) is 0.379. The number of hydrogen-bond donors (Lipinski definition) is 1. The molecule has 0 spiro atoms. The molecule has 4 rings (SSSR count). The highest BCUT2D eigenvalue weighted by Gasteiger charge is 2.35. The molecule has 3 aromatic heterocycles. The molecule has 0 aromatic carbocycles. The first-order valence-corrected chi connectivity index (χ1v) is 12.7. The fourth-order valence-electron chi connectivity index (χ4n) is 5.23. The number of fused-ring (bicyclic) bond motifs is 1. The molecule has 192 valence electrons. The van der Waals surface area contributed by atoms with Gasteiger partial charge in [-0.1, -0.05) is 20.8 Å². The zero-order valence-electron chi connectivity index (χ0n) is 23.5. The molecule has 1 fully saturated rings. The van der Waals surface area contributed by atoms with Gasteiger partial charge in [-0.15, -0.1) is 0 Å². The van der Waals surface area contributed by atoms with Crippen LogP contribution in [0, 0.1) is 25.6 Å². The van der Waals surface area contributed by atoms with Gasteiger partial charge in [-0.25, -0.2) is 9.37 Å². The molecular formula is C29H44FN5. The molecule has 6 heteroatoms.